The van der Waals surface area contributed by atoms with Gasteiger partial charge >= 0.3 is 0 Å². The average molecular weight is 376 g/mol. The van der Waals surface area contributed by atoms with E-state index in [1.54, 1.807) is 31.4 Å². The zero-order chi connectivity index (χ0) is 19.0. The number of anilines is 1. The molecule has 26 heavy (non-hydrogen) atoms. The molecule has 2 rings (SSSR count). The summed E-state index contributed by atoms with van der Waals surface area (Å²) >= 11 is 0. The van der Waals surface area contributed by atoms with Gasteiger partial charge in [0.1, 0.15) is 5.75 Å². The molecule has 0 aliphatic carbocycles. The number of amides is 1. The summed E-state index contributed by atoms with van der Waals surface area (Å²) in [5.74, 6) is 0.549. The van der Waals surface area contributed by atoms with E-state index in [1.165, 1.54) is 4.31 Å². The molecule has 0 saturated carbocycles. The molecular formula is C19H24N2O4S. The molecule has 1 N–H and O–H groups in total. The zero-order valence-electron chi connectivity index (χ0n) is 15.0. The van der Waals surface area contributed by atoms with Crippen molar-refractivity contribution < 1.29 is 17.9 Å². The molecular weight excluding hydrogens is 352 g/mol. The molecule has 0 aromatic heterocycles. The van der Waals surface area contributed by atoms with Crippen molar-refractivity contribution in [3.63, 3.8) is 0 Å². The van der Waals surface area contributed by atoms with Gasteiger partial charge in [-0.2, -0.15) is 0 Å². The molecule has 0 atom stereocenters. The Morgan fingerprint density at radius 1 is 1.08 bits per heavy atom. The standard InChI is InChI=1S/C19H24N2O4S/c1-25-18-11-9-17(10-12-18)21(26(2,23)24)15-14-20-19(22)13-8-16-6-4-3-5-7-16/h3-7,9-12H,8,13-15H2,1-2H3,(H,20,22). The lowest BCUT2D eigenvalue weighted by molar-refractivity contribution is -0.120. The van der Waals surface area contributed by atoms with Crippen LogP contribution in [0.1, 0.15) is 12.0 Å². The summed E-state index contributed by atoms with van der Waals surface area (Å²) in [4.78, 5) is 12.0. The van der Waals surface area contributed by atoms with E-state index >= 15 is 0 Å². The van der Waals surface area contributed by atoms with Gasteiger partial charge in [-0.3, -0.25) is 9.10 Å². The van der Waals surface area contributed by atoms with Crippen LogP contribution in [0.25, 0.3) is 0 Å². The van der Waals surface area contributed by atoms with E-state index in [-0.39, 0.29) is 19.0 Å². The minimum Gasteiger partial charge on any atom is -0.497 e. The van der Waals surface area contributed by atoms with Crippen molar-refractivity contribution >= 4 is 21.6 Å². The van der Waals surface area contributed by atoms with Gasteiger partial charge in [-0.15, -0.1) is 0 Å². The zero-order valence-corrected chi connectivity index (χ0v) is 15.8. The summed E-state index contributed by atoms with van der Waals surface area (Å²) in [5.41, 5.74) is 1.63. The van der Waals surface area contributed by atoms with Crippen molar-refractivity contribution in [2.45, 2.75) is 12.8 Å². The molecule has 0 saturated heterocycles. The molecule has 140 valence electrons. The van der Waals surface area contributed by atoms with E-state index in [0.29, 0.717) is 24.3 Å². The van der Waals surface area contributed by atoms with Crippen molar-refractivity contribution in [3.8, 4) is 5.75 Å². The molecule has 7 heteroatoms. The quantitative estimate of drug-likeness (QED) is 0.728. The Balaban J connectivity index is 1.88. The molecule has 0 fully saturated rings. The highest BCUT2D eigenvalue weighted by Crippen LogP contribution is 2.21. The molecule has 1 amide bonds. The lowest BCUT2D eigenvalue weighted by Crippen LogP contribution is -2.38. The summed E-state index contributed by atoms with van der Waals surface area (Å²) in [6.45, 7) is 0.412. The highest BCUT2D eigenvalue weighted by molar-refractivity contribution is 7.92. The first-order valence-corrected chi connectivity index (χ1v) is 10.2. The number of nitrogens with one attached hydrogen (secondary N) is 1. The van der Waals surface area contributed by atoms with Crippen molar-refractivity contribution in [3.05, 3.63) is 60.2 Å². The molecule has 0 bridgehead atoms. The fraction of sp³-hybridized carbons (Fsp3) is 0.316. The van der Waals surface area contributed by atoms with Gasteiger partial charge in [0, 0.05) is 13.0 Å². The monoisotopic (exact) mass is 376 g/mol. The Labute approximate surface area is 154 Å². The molecule has 2 aromatic rings. The molecule has 0 unspecified atom stereocenters. The van der Waals surface area contributed by atoms with Gasteiger partial charge < -0.3 is 10.1 Å². The van der Waals surface area contributed by atoms with Gasteiger partial charge in [0.15, 0.2) is 0 Å². The highest BCUT2D eigenvalue weighted by Gasteiger charge is 2.17. The first kappa shape index (κ1) is 19.8. The van der Waals surface area contributed by atoms with Gasteiger partial charge in [0.25, 0.3) is 0 Å². The number of carbonyl (C=O) groups is 1. The third kappa shape index (κ3) is 6.07. The fourth-order valence-corrected chi connectivity index (χ4v) is 3.45. The van der Waals surface area contributed by atoms with Gasteiger partial charge in [-0.05, 0) is 36.2 Å². The summed E-state index contributed by atoms with van der Waals surface area (Å²) in [7, 11) is -1.90. The number of methoxy groups -OCH3 is 1. The molecule has 0 spiro atoms. The molecule has 6 nitrogen and oxygen atoms in total. The molecule has 2 aromatic carbocycles. The van der Waals surface area contributed by atoms with E-state index in [1.807, 2.05) is 30.3 Å². The fourth-order valence-electron chi connectivity index (χ4n) is 2.52. The number of rotatable bonds is 9. The lowest BCUT2D eigenvalue weighted by atomic mass is 10.1. The number of benzene rings is 2. The highest BCUT2D eigenvalue weighted by atomic mass is 32.2. The van der Waals surface area contributed by atoms with E-state index in [4.69, 9.17) is 4.74 Å². The third-order valence-electron chi connectivity index (χ3n) is 3.88. The Hall–Kier alpha value is -2.54. The number of aryl methyl sites for hydroxylation is 1. The van der Waals surface area contributed by atoms with Crippen LogP contribution in [0, 0.1) is 0 Å². The van der Waals surface area contributed by atoms with Crippen LogP contribution >= 0.6 is 0 Å². The van der Waals surface area contributed by atoms with Crippen LogP contribution in [0.3, 0.4) is 0 Å². The number of hydrogen-bond donors (Lipinski definition) is 1. The maximum absolute atomic E-state index is 12.1. The minimum atomic E-state index is -3.45. The Kier molecular flexibility index (Phi) is 7.03. The average Bonchev–Trinajstić information content (AvgIpc) is 2.63. The number of hydrogen-bond acceptors (Lipinski definition) is 4. The Bertz CT molecular complexity index is 805. The van der Waals surface area contributed by atoms with E-state index in [9.17, 15) is 13.2 Å². The normalized spacial score (nSPS) is 11.0. The van der Waals surface area contributed by atoms with Crippen LogP contribution in [-0.2, 0) is 21.2 Å². The second kappa shape index (κ2) is 9.24. The summed E-state index contributed by atoms with van der Waals surface area (Å²) in [5, 5.41) is 2.78. The summed E-state index contributed by atoms with van der Waals surface area (Å²) in [6, 6.07) is 16.5. The van der Waals surface area contributed by atoms with Crippen LogP contribution in [0.4, 0.5) is 5.69 Å². The lowest BCUT2D eigenvalue weighted by Gasteiger charge is -2.22. The Morgan fingerprint density at radius 3 is 2.31 bits per heavy atom. The van der Waals surface area contributed by atoms with Crippen LogP contribution in [0.2, 0.25) is 0 Å². The van der Waals surface area contributed by atoms with E-state index in [2.05, 4.69) is 5.32 Å². The first-order chi connectivity index (χ1) is 12.4. The Morgan fingerprint density at radius 2 is 1.73 bits per heavy atom. The largest absolute Gasteiger partial charge is 0.497 e. The van der Waals surface area contributed by atoms with Crippen LogP contribution < -0.4 is 14.4 Å². The van der Waals surface area contributed by atoms with Crippen molar-refractivity contribution in [2.24, 2.45) is 0 Å². The van der Waals surface area contributed by atoms with Crippen molar-refractivity contribution in [1.29, 1.82) is 0 Å². The maximum Gasteiger partial charge on any atom is 0.232 e. The second-order valence-corrected chi connectivity index (χ2v) is 7.78. The molecule has 0 aliphatic rings. The maximum atomic E-state index is 12.1. The summed E-state index contributed by atoms with van der Waals surface area (Å²) < 4.78 is 30.5. The first-order valence-electron chi connectivity index (χ1n) is 8.32. The second-order valence-electron chi connectivity index (χ2n) is 5.87. The third-order valence-corrected chi connectivity index (χ3v) is 5.08. The SMILES string of the molecule is COc1ccc(N(CCNC(=O)CCc2ccccc2)S(C)(=O)=O)cc1. The predicted molar refractivity (Wildman–Crippen MR) is 103 cm³/mol. The van der Waals surface area contributed by atoms with Crippen LogP contribution in [0.5, 0.6) is 5.75 Å². The van der Waals surface area contributed by atoms with Crippen molar-refractivity contribution in [1.82, 2.24) is 5.32 Å². The number of carbonyl (C=O) groups excluding carboxylic acids is 1. The topological polar surface area (TPSA) is 75.7 Å². The van der Waals surface area contributed by atoms with Crippen molar-refractivity contribution in [2.75, 3.05) is 30.8 Å². The molecule has 0 aliphatic heterocycles. The van der Waals surface area contributed by atoms with E-state index in [0.717, 1.165) is 11.8 Å². The van der Waals surface area contributed by atoms with Crippen LogP contribution in [0.15, 0.2) is 54.6 Å². The number of sulfonamides is 1. The van der Waals surface area contributed by atoms with Gasteiger partial charge in [0.2, 0.25) is 15.9 Å². The molecule has 0 radical (unpaired) electrons. The smallest absolute Gasteiger partial charge is 0.232 e. The van der Waals surface area contributed by atoms with Crippen LogP contribution in [-0.4, -0.2) is 40.8 Å². The van der Waals surface area contributed by atoms with Gasteiger partial charge in [0.05, 0.1) is 25.6 Å². The van der Waals surface area contributed by atoms with Gasteiger partial charge in [-0.25, -0.2) is 8.42 Å². The number of ether oxygens (including phenoxy) is 1. The van der Waals surface area contributed by atoms with E-state index < -0.39 is 10.0 Å². The predicted octanol–water partition coefficient (Wildman–Crippen LogP) is 2.21. The minimum absolute atomic E-state index is 0.1000. The van der Waals surface area contributed by atoms with Gasteiger partial charge in [-0.1, -0.05) is 30.3 Å². The number of nitrogens with zero attached hydrogens (tertiary/aromatic N) is 1. The molecule has 0 heterocycles. The summed E-state index contributed by atoms with van der Waals surface area (Å²) in [6.07, 6.45) is 2.17.